The van der Waals surface area contributed by atoms with Gasteiger partial charge in [-0.1, -0.05) is 30.2 Å². The van der Waals surface area contributed by atoms with Crippen LogP contribution in [0.25, 0.3) is 22.3 Å². The van der Waals surface area contributed by atoms with Crippen LogP contribution in [0, 0.1) is 12.3 Å². The fourth-order valence-electron chi connectivity index (χ4n) is 2.65. The molecule has 0 spiro atoms. The minimum Gasteiger partial charge on any atom is -0.478 e. The Bertz CT molecular complexity index is 947. The minimum atomic E-state index is -0.979. The fourth-order valence-corrected chi connectivity index (χ4v) is 2.65. The van der Waals surface area contributed by atoms with E-state index in [1.807, 2.05) is 18.2 Å². The van der Waals surface area contributed by atoms with Crippen molar-refractivity contribution in [3.8, 4) is 34.6 Å². The molecule has 0 heterocycles. The van der Waals surface area contributed by atoms with Crippen molar-refractivity contribution in [1.29, 1.82) is 0 Å². The van der Waals surface area contributed by atoms with Crippen molar-refractivity contribution in [3.63, 3.8) is 0 Å². The third-order valence-corrected chi connectivity index (χ3v) is 4.03. The summed E-state index contributed by atoms with van der Waals surface area (Å²) in [5.74, 6) is 0.661. The van der Waals surface area contributed by atoms with Crippen LogP contribution in [0.4, 0.5) is 0 Å². The Morgan fingerprint density at radius 1 is 0.654 bits per heavy atom. The standard InChI is InChI=1S/C22H14O4/c1-2-14-11-19(15-3-7-17(8-4-15)21(23)24)13-20(12-14)16-5-9-18(10-6-16)22(25)26/h1,3-13H,(H,23,24)(H,25,26). The zero-order chi connectivity index (χ0) is 18.7. The summed E-state index contributed by atoms with van der Waals surface area (Å²) in [4.78, 5) is 22.0. The molecule has 26 heavy (non-hydrogen) atoms. The van der Waals surface area contributed by atoms with Crippen LogP contribution in [0.3, 0.4) is 0 Å². The first-order chi connectivity index (χ1) is 12.5. The third kappa shape index (κ3) is 3.47. The third-order valence-electron chi connectivity index (χ3n) is 4.03. The van der Waals surface area contributed by atoms with Crippen LogP contribution in [-0.2, 0) is 0 Å². The maximum absolute atomic E-state index is 11.0. The molecule has 0 saturated heterocycles. The minimum absolute atomic E-state index is 0.214. The van der Waals surface area contributed by atoms with Gasteiger partial charge in [-0.05, 0) is 64.7 Å². The topological polar surface area (TPSA) is 74.6 Å². The van der Waals surface area contributed by atoms with Crippen molar-refractivity contribution in [3.05, 3.63) is 83.4 Å². The molecule has 3 rings (SSSR count). The highest BCUT2D eigenvalue weighted by Crippen LogP contribution is 2.28. The van der Waals surface area contributed by atoms with Crippen molar-refractivity contribution in [2.24, 2.45) is 0 Å². The van der Waals surface area contributed by atoms with E-state index in [0.717, 1.165) is 22.3 Å². The molecular weight excluding hydrogens is 328 g/mol. The van der Waals surface area contributed by atoms with Gasteiger partial charge in [-0.2, -0.15) is 0 Å². The smallest absolute Gasteiger partial charge is 0.335 e. The number of benzene rings is 3. The summed E-state index contributed by atoms with van der Waals surface area (Å²) in [5.41, 5.74) is 4.51. The van der Waals surface area contributed by atoms with Gasteiger partial charge in [0.1, 0.15) is 0 Å². The lowest BCUT2D eigenvalue weighted by molar-refractivity contribution is 0.0686. The molecule has 0 aliphatic rings. The van der Waals surface area contributed by atoms with Crippen LogP contribution in [0.15, 0.2) is 66.7 Å². The number of carbonyl (C=O) groups is 2. The highest BCUT2D eigenvalue weighted by Gasteiger charge is 2.08. The van der Waals surface area contributed by atoms with E-state index in [0.29, 0.717) is 5.56 Å². The van der Waals surface area contributed by atoms with Crippen molar-refractivity contribution < 1.29 is 19.8 Å². The van der Waals surface area contributed by atoms with E-state index in [-0.39, 0.29) is 11.1 Å². The molecule has 0 bridgehead atoms. The van der Waals surface area contributed by atoms with Gasteiger partial charge in [0.05, 0.1) is 11.1 Å². The van der Waals surface area contributed by atoms with Gasteiger partial charge in [-0.3, -0.25) is 0 Å². The average molecular weight is 342 g/mol. The summed E-state index contributed by atoms with van der Waals surface area (Å²) < 4.78 is 0. The Morgan fingerprint density at radius 3 is 1.35 bits per heavy atom. The highest BCUT2D eigenvalue weighted by atomic mass is 16.4. The summed E-state index contributed by atoms with van der Waals surface area (Å²) in [6, 6.07) is 18.7. The van der Waals surface area contributed by atoms with E-state index in [2.05, 4.69) is 5.92 Å². The van der Waals surface area contributed by atoms with Crippen molar-refractivity contribution in [2.75, 3.05) is 0 Å². The van der Waals surface area contributed by atoms with Crippen molar-refractivity contribution in [2.45, 2.75) is 0 Å². The van der Waals surface area contributed by atoms with Crippen molar-refractivity contribution in [1.82, 2.24) is 0 Å². The zero-order valence-corrected chi connectivity index (χ0v) is 13.6. The lowest BCUT2D eigenvalue weighted by atomic mass is 9.95. The van der Waals surface area contributed by atoms with E-state index in [1.54, 1.807) is 48.5 Å². The van der Waals surface area contributed by atoms with Crippen LogP contribution in [0.2, 0.25) is 0 Å². The molecule has 126 valence electrons. The number of aromatic carboxylic acids is 2. The molecule has 0 unspecified atom stereocenters. The SMILES string of the molecule is C#Cc1cc(-c2ccc(C(=O)O)cc2)cc(-c2ccc(C(=O)O)cc2)c1. The predicted molar refractivity (Wildman–Crippen MR) is 99.2 cm³/mol. The summed E-state index contributed by atoms with van der Waals surface area (Å²) >= 11 is 0. The zero-order valence-electron chi connectivity index (χ0n) is 13.6. The molecule has 0 aromatic heterocycles. The van der Waals surface area contributed by atoms with Gasteiger partial charge >= 0.3 is 11.9 Å². The largest absolute Gasteiger partial charge is 0.478 e. The molecule has 0 aliphatic carbocycles. The summed E-state index contributed by atoms with van der Waals surface area (Å²) in [5, 5.41) is 18.0. The molecule has 4 nitrogen and oxygen atoms in total. The number of carboxylic acid groups (broad SMARTS) is 2. The molecule has 3 aromatic rings. The lowest BCUT2D eigenvalue weighted by Gasteiger charge is -2.09. The van der Waals surface area contributed by atoms with Gasteiger partial charge in [-0.25, -0.2) is 9.59 Å². The first-order valence-electron chi connectivity index (χ1n) is 7.77. The number of terminal acetylenes is 1. The Labute approximate surface area is 150 Å². The number of hydrogen-bond acceptors (Lipinski definition) is 2. The highest BCUT2D eigenvalue weighted by molar-refractivity contribution is 5.89. The van der Waals surface area contributed by atoms with E-state index in [9.17, 15) is 9.59 Å². The van der Waals surface area contributed by atoms with Crippen LogP contribution in [0.1, 0.15) is 26.3 Å². The number of hydrogen-bond donors (Lipinski definition) is 2. The quantitative estimate of drug-likeness (QED) is 0.689. The van der Waals surface area contributed by atoms with E-state index < -0.39 is 11.9 Å². The molecule has 3 aromatic carbocycles. The Morgan fingerprint density at radius 2 is 1.04 bits per heavy atom. The van der Waals surface area contributed by atoms with Gasteiger partial charge in [0.2, 0.25) is 0 Å². The average Bonchev–Trinajstić information content (AvgIpc) is 2.67. The van der Waals surface area contributed by atoms with Crippen LogP contribution in [0.5, 0.6) is 0 Å². The molecule has 0 radical (unpaired) electrons. The van der Waals surface area contributed by atoms with Crippen LogP contribution < -0.4 is 0 Å². The van der Waals surface area contributed by atoms with Crippen LogP contribution in [-0.4, -0.2) is 22.2 Å². The molecule has 0 aliphatic heterocycles. The first-order valence-corrected chi connectivity index (χ1v) is 7.77. The van der Waals surface area contributed by atoms with E-state index in [1.165, 1.54) is 0 Å². The summed E-state index contributed by atoms with van der Waals surface area (Å²) in [7, 11) is 0. The van der Waals surface area contributed by atoms with Gasteiger partial charge in [0, 0.05) is 5.56 Å². The molecule has 0 atom stereocenters. The van der Waals surface area contributed by atoms with E-state index >= 15 is 0 Å². The molecule has 4 heteroatoms. The van der Waals surface area contributed by atoms with Gasteiger partial charge in [-0.15, -0.1) is 6.42 Å². The second-order valence-electron chi connectivity index (χ2n) is 5.71. The Balaban J connectivity index is 2.05. The van der Waals surface area contributed by atoms with Gasteiger partial charge < -0.3 is 10.2 Å². The summed E-state index contributed by atoms with van der Waals surface area (Å²) in [6.45, 7) is 0. The second-order valence-corrected chi connectivity index (χ2v) is 5.71. The molecule has 0 amide bonds. The maximum atomic E-state index is 11.0. The van der Waals surface area contributed by atoms with Crippen molar-refractivity contribution >= 4 is 11.9 Å². The molecule has 2 N–H and O–H groups in total. The number of carboxylic acids is 2. The molecule has 0 saturated carbocycles. The molecular formula is C22H14O4. The Hall–Kier alpha value is -3.84. The maximum Gasteiger partial charge on any atom is 0.335 e. The fraction of sp³-hybridized carbons (Fsp3) is 0. The first kappa shape index (κ1) is 17.0. The predicted octanol–water partition coefficient (Wildman–Crippen LogP) is 4.40. The second kappa shape index (κ2) is 6.96. The Kier molecular flexibility index (Phi) is 4.55. The van der Waals surface area contributed by atoms with E-state index in [4.69, 9.17) is 16.6 Å². The molecule has 0 fully saturated rings. The van der Waals surface area contributed by atoms with Gasteiger partial charge in [0.15, 0.2) is 0 Å². The normalized spacial score (nSPS) is 10.1. The lowest BCUT2D eigenvalue weighted by Crippen LogP contribution is -1.95. The summed E-state index contributed by atoms with van der Waals surface area (Å²) in [6.07, 6.45) is 5.57. The number of rotatable bonds is 4. The van der Waals surface area contributed by atoms with Crippen LogP contribution >= 0.6 is 0 Å². The monoisotopic (exact) mass is 342 g/mol. The van der Waals surface area contributed by atoms with Gasteiger partial charge in [0.25, 0.3) is 0 Å².